The van der Waals surface area contributed by atoms with Crippen LogP contribution in [0.2, 0.25) is 0 Å². The lowest BCUT2D eigenvalue weighted by molar-refractivity contribution is 0.584. The van der Waals surface area contributed by atoms with Gasteiger partial charge in [-0.15, -0.1) is 0 Å². The van der Waals surface area contributed by atoms with Gasteiger partial charge in [-0.25, -0.2) is 23.1 Å². The van der Waals surface area contributed by atoms with E-state index >= 15 is 0 Å². The predicted molar refractivity (Wildman–Crippen MR) is 81.5 cm³/mol. The summed E-state index contributed by atoms with van der Waals surface area (Å²) in [4.78, 5) is 8.37. The molecule has 0 amide bonds. The van der Waals surface area contributed by atoms with E-state index in [1.54, 1.807) is 6.92 Å². The third-order valence-electron chi connectivity index (χ3n) is 2.67. The molecular weight excluding hydrogens is 278 g/mol. The van der Waals surface area contributed by atoms with Gasteiger partial charge in [0.1, 0.15) is 18.0 Å². The Hall–Kier alpha value is -1.41. The van der Waals surface area contributed by atoms with Gasteiger partial charge in [0.25, 0.3) is 0 Å². The van der Waals surface area contributed by atoms with Crippen LogP contribution in [0.15, 0.2) is 6.33 Å². The molecule has 3 N–H and O–H groups in total. The van der Waals surface area contributed by atoms with E-state index in [1.165, 1.54) is 6.33 Å². The van der Waals surface area contributed by atoms with Gasteiger partial charge in [-0.1, -0.05) is 13.8 Å². The monoisotopic (exact) mass is 301 g/mol. The number of hydrogen-bond acceptors (Lipinski definition) is 6. The fourth-order valence-electron chi connectivity index (χ4n) is 1.82. The molecule has 0 aromatic carbocycles. The Balaban J connectivity index is 2.71. The molecule has 0 fully saturated rings. The first-order valence-corrected chi connectivity index (χ1v) is 8.48. The van der Waals surface area contributed by atoms with Crippen molar-refractivity contribution in [3.63, 3.8) is 0 Å². The van der Waals surface area contributed by atoms with Gasteiger partial charge >= 0.3 is 0 Å². The molecule has 0 atom stereocenters. The maximum absolute atomic E-state index is 11.5. The van der Waals surface area contributed by atoms with Crippen LogP contribution < -0.4 is 15.4 Å². The van der Waals surface area contributed by atoms with E-state index in [2.05, 4.69) is 25.3 Å². The molecule has 0 bridgehead atoms. The normalized spacial score (nSPS) is 11.3. The van der Waals surface area contributed by atoms with Gasteiger partial charge in [-0.3, -0.25) is 0 Å². The summed E-state index contributed by atoms with van der Waals surface area (Å²) in [6, 6.07) is 0. The molecule has 0 aliphatic carbocycles. The second-order valence-corrected chi connectivity index (χ2v) is 6.10. The number of anilines is 2. The number of sulfonamides is 1. The van der Waals surface area contributed by atoms with Crippen LogP contribution in [0.4, 0.5) is 11.6 Å². The minimum atomic E-state index is -3.21. The average molecular weight is 301 g/mol. The van der Waals surface area contributed by atoms with Crippen LogP contribution in [0, 0.1) is 0 Å². The molecule has 0 radical (unpaired) electrons. The highest BCUT2D eigenvalue weighted by molar-refractivity contribution is 7.89. The van der Waals surface area contributed by atoms with Crippen molar-refractivity contribution >= 4 is 21.7 Å². The Morgan fingerprint density at radius 2 is 1.70 bits per heavy atom. The SMILES string of the molecule is CCNc1ncnc(NCCS(=O)(=O)NCC)c1CC. The fraction of sp³-hybridized carbons (Fsp3) is 0.667. The zero-order valence-corrected chi connectivity index (χ0v) is 13.0. The first-order chi connectivity index (χ1) is 9.54. The maximum atomic E-state index is 11.5. The molecule has 0 aliphatic rings. The second-order valence-electron chi connectivity index (χ2n) is 4.18. The molecule has 1 heterocycles. The van der Waals surface area contributed by atoms with Crippen molar-refractivity contribution in [2.75, 3.05) is 36.0 Å². The third-order valence-corrected chi connectivity index (χ3v) is 4.14. The predicted octanol–water partition coefficient (Wildman–Crippen LogP) is 0.822. The van der Waals surface area contributed by atoms with Crippen molar-refractivity contribution < 1.29 is 8.42 Å². The van der Waals surface area contributed by atoms with E-state index in [4.69, 9.17) is 0 Å². The van der Waals surface area contributed by atoms with Crippen molar-refractivity contribution in [3.05, 3.63) is 11.9 Å². The molecule has 1 aromatic rings. The highest BCUT2D eigenvalue weighted by atomic mass is 32.2. The zero-order valence-electron chi connectivity index (χ0n) is 12.2. The van der Waals surface area contributed by atoms with Gasteiger partial charge in [0, 0.05) is 25.2 Å². The summed E-state index contributed by atoms with van der Waals surface area (Å²) in [6.45, 7) is 7.26. The quantitative estimate of drug-likeness (QED) is 0.625. The van der Waals surface area contributed by atoms with E-state index in [-0.39, 0.29) is 5.75 Å². The summed E-state index contributed by atoms with van der Waals surface area (Å²) in [5.74, 6) is 1.50. The standard InChI is InChI=1S/C12H23N5O2S/c1-4-10-11(13-5-2)15-9-16-12(10)14-7-8-20(18,19)17-6-3/h9,17H,4-8H2,1-3H3,(H2,13,14,15,16). The molecular formula is C12H23N5O2S. The third kappa shape index (κ3) is 4.93. The van der Waals surface area contributed by atoms with E-state index < -0.39 is 10.0 Å². The summed E-state index contributed by atoms with van der Waals surface area (Å²) in [5.41, 5.74) is 0.968. The van der Waals surface area contributed by atoms with Crippen molar-refractivity contribution in [2.24, 2.45) is 0 Å². The largest absolute Gasteiger partial charge is 0.370 e. The van der Waals surface area contributed by atoms with Crippen LogP contribution in [0.1, 0.15) is 26.3 Å². The van der Waals surface area contributed by atoms with Crippen molar-refractivity contribution in [1.29, 1.82) is 0 Å². The van der Waals surface area contributed by atoms with E-state index in [9.17, 15) is 8.42 Å². The van der Waals surface area contributed by atoms with Crippen molar-refractivity contribution in [3.8, 4) is 0 Å². The molecule has 0 aliphatic heterocycles. The summed E-state index contributed by atoms with van der Waals surface area (Å²) in [7, 11) is -3.21. The van der Waals surface area contributed by atoms with Gasteiger partial charge in [-0.05, 0) is 13.3 Å². The Labute approximate surface area is 120 Å². The van der Waals surface area contributed by atoms with Crippen LogP contribution in [0.3, 0.4) is 0 Å². The lowest BCUT2D eigenvalue weighted by Gasteiger charge is -2.13. The molecule has 0 saturated carbocycles. The Morgan fingerprint density at radius 3 is 2.25 bits per heavy atom. The topological polar surface area (TPSA) is 96.0 Å². The van der Waals surface area contributed by atoms with Crippen LogP contribution >= 0.6 is 0 Å². The lowest BCUT2D eigenvalue weighted by Crippen LogP contribution is -2.29. The molecule has 0 saturated heterocycles. The van der Waals surface area contributed by atoms with Gasteiger partial charge in [0.15, 0.2) is 0 Å². The molecule has 8 heteroatoms. The first-order valence-electron chi connectivity index (χ1n) is 6.83. The van der Waals surface area contributed by atoms with E-state index in [0.717, 1.165) is 24.3 Å². The Morgan fingerprint density at radius 1 is 1.05 bits per heavy atom. The molecule has 20 heavy (non-hydrogen) atoms. The van der Waals surface area contributed by atoms with Gasteiger partial charge in [0.05, 0.1) is 5.75 Å². The molecule has 114 valence electrons. The molecule has 1 rings (SSSR count). The minimum Gasteiger partial charge on any atom is -0.370 e. The van der Waals surface area contributed by atoms with Crippen molar-refractivity contribution in [1.82, 2.24) is 14.7 Å². The second kappa shape index (κ2) is 8.01. The van der Waals surface area contributed by atoms with Crippen LogP contribution in [-0.4, -0.2) is 43.8 Å². The number of aromatic nitrogens is 2. The summed E-state index contributed by atoms with van der Waals surface area (Å²) >= 11 is 0. The Kier molecular flexibility index (Phi) is 6.66. The van der Waals surface area contributed by atoms with Gasteiger partial charge < -0.3 is 10.6 Å². The first kappa shape index (κ1) is 16.6. The van der Waals surface area contributed by atoms with Crippen molar-refractivity contribution in [2.45, 2.75) is 27.2 Å². The highest BCUT2D eigenvalue weighted by Crippen LogP contribution is 2.19. The van der Waals surface area contributed by atoms with Crippen LogP contribution in [0.5, 0.6) is 0 Å². The van der Waals surface area contributed by atoms with E-state index in [0.29, 0.717) is 18.9 Å². The minimum absolute atomic E-state index is 0.0184. The van der Waals surface area contributed by atoms with Crippen LogP contribution in [-0.2, 0) is 16.4 Å². The number of rotatable bonds is 9. The summed E-state index contributed by atoms with van der Waals surface area (Å²) < 4.78 is 25.6. The van der Waals surface area contributed by atoms with Gasteiger partial charge in [0.2, 0.25) is 10.0 Å². The molecule has 1 aromatic heterocycles. The zero-order chi connectivity index (χ0) is 15.0. The summed E-state index contributed by atoms with van der Waals surface area (Å²) in [5, 5.41) is 6.24. The summed E-state index contributed by atoms with van der Waals surface area (Å²) in [6.07, 6.45) is 2.24. The highest BCUT2D eigenvalue weighted by Gasteiger charge is 2.11. The average Bonchev–Trinajstić information content (AvgIpc) is 2.39. The lowest BCUT2D eigenvalue weighted by atomic mass is 10.2. The number of nitrogens with zero attached hydrogens (tertiary/aromatic N) is 2. The smallest absolute Gasteiger partial charge is 0.213 e. The molecule has 7 nitrogen and oxygen atoms in total. The van der Waals surface area contributed by atoms with E-state index in [1.807, 2.05) is 13.8 Å². The molecule has 0 unspecified atom stereocenters. The van der Waals surface area contributed by atoms with Gasteiger partial charge in [-0.2, -0.15) is 0 Å². The molecule has 0 spiro atoms. The Bertz CT molecular complexity index is 519. The fourth-order valence-corrected chi connectivity index (χ4v) is 2.77. The number of hydrogen-bond donors (Lipinski definition) is 3. The van der Waals surface area contributed by atoms with Crippen LogP contribution in [0.25, 0.3) is 0 Å². The maximum Gasteiger partial charge on any atom is 0.213 e. The number of nitrogens with one attached hydrogen (secondary N) is 3.